The molecular weight excluding hydrogens is 472 g/mol. The molecule has 1 fully saturated rings. The molecule has 4 heterocycles. The Morgan fingerprint density at radius 3 is 2.41 bits per heavy atom. The molecule has 192 valence electrons. The minimum absolute atomic E-state index is 0.225. The summed E-state index contributed by atoms with van der Waals surface area (Å²) >= 11 is 0. The van der Waals surface area contributed by atoms with E-state index in [-0.39, 0.29) is 17.1 Å². The van der Waals surface area contributed by atoms with E-state index in [0.717, 1.165) is 37.2 Å². The molecule has 0 amide bonds. The van der Waals surface area contributed by atoms with Gasteiger partial charge in [-0.1, -0.05) is 0 Å². The summed E-state index contributed by atoms with van der Waals surface area (Å²) in [5.41, 5.74) is 10.2. The first-order valence-electron chi connectivity index (χ1n) is 12.1. The number of methoxy groups -OCH3 is 2. The van der Waals surface area contributed by atoms with Gasteiger partial charge < -0.3 is 25.1 Å². The molecule has 11 heteroatoms. The molecule has 0 bridgehead atoms. The lowest BCUT2D eigenvalue weighted by molar-refractivity contribution is -0.775. The summed E-state index contributed by atoms with van der Waals surface area (Å²) in [5.74, 6) is 1.33. The SMILES string of the molecule is COc1cc(OC)cc(-c2nc(-c3nc(-c4c[n+](C5CCNCC5)[nH]c4C)cnc3N)cn(C)c2=O)c1. The lowest BCUT2D eigenvalue weighted by Crippen LogP contribution is -2.46. The molecule has 5 rings (SSSR count). The summed E-state index contributed by atoms with van der Waals surface area (Å²) in [6, 6.07) is 5.62. The van der Waals surface area contributed by atoms with Crippen molar-refractivity contribution in [3.8, 4) is 45.4 Å². The lowest BCUT2D eigenvalue weighted by Gasteiger charge is -2.16. The Labute approximate surface area is 214 Å². The van der Waals surface area contributed by atoms with Gasteiger partial charge in [-0.2, -0.15) is 5.10 Å². The highest BCUT2D eigenvalue weighted by molar-refractivity contribution is 5.73. The summed E-state index contributed by atoms with van der Waals surface area (Å²) in [6.45, 7) is 4.01. The largest absolute Gasteiger partial charge is 0.497 e. The minimum Gasteiger partial charge on any atom is -0.497 e. The number of ether oxygens (including phenoxy) is 2. The molecule has 1 aromatic carbocycles. The fraction of sp³-hybridized carbons (Fsp3) is 0.346. The average Bonchev–Trinajstić information content (AvgIpc) is 3.32. The van der Waals surface area contributed by atoms with Crippen LogP contribution >= 0.6 is 0 Å². The van der Waals surface area contributed by atoms with Crippen LogP contribution in [0.15, 0.2) is 41.6 Å². The predicted octanol–water partition coefficient (Wildman–Crippen LogP) is 2.02. The van der Waals surface area contributed by atoms with Crippen molar-refractivity contribution in [1.82, 2.24) is 29.9 Å². The van der Waals surface area contributed by atoms with Gasteiger partial charge in [0, 0.05) is 50.8 Å². The number of benzene rings is 1. The number of rotatable bonds is 6. The Morgan fingerprint density at radius 1 is 1.05 bits per heavy atom. The molecule has 1 aliphatic rings. The Kier molecular flexibility index (Phi) is 6.62. The zero-order chi connectivity index (χ0) is 26.1. The van der Waals surface area contributed by atoms with E-state index in [1.165, 1.54) is 4.57 Å². The molecule has 4 aromatic rings. The van der Waals surface area contributed by atoms with Crippen LogP contribution in [0.5, 0.6) is 11.5 Å². The normalized spacial score (nSPS) is 14.1. The van der Waals surface area contributed by atoms with Crippen LogP contribution in [0.4, 0.5) is 5.82 Å². The smallest absolute Gasteiger partial charge is 0.276 e. The fourth-order valence-electron chi connectivity index (χ4n) is 4.63. The quantitative estimate of drug-likeness (QED) is 0.340. The topological polar surface area (TPSA) is 137 Å². The number of nitrogens with two attached hydrogens (primary N) is 1. The zero-order valence-corrected chi connectivity index (χ0v) is 21.4. The maximum atomic E-state index is 13.1. The first-order valence-corrected chi connectivity index (χ1v) is 12.1. The van der Waals surface area contributed by atoms with Crippen LogP contribution in [0.2, 0.25) is 0 Å². The predicted molar refractivity (Wildman–Crippen MR) is 139 cm³/mol. The monoisotopic (exact) mass is 503 g/mol. The molecule has 0 spiro atoms. The van der Waals surface area contributed by atoms with E-state index in [4.69, 9.17) is 20.2 Å². The molecular formula is C26H31N8O3+. The zero-order valence-electron chi connectivity index (χ0n) is 21.4. The van der Waals surface area contributed by atoms with Crippen molar-refractivity contribution in [1.29, 1.82) is 0 Å². The molecule has 0 saturated carbocycles. The maximum Gasteiger partial charge on any atom is 0.276 e. The molecule has 0 aliphatic carbocycles. The van der Waals surface area contributed by atoms with Gasteiger partial charge in [-0.25, -0.2) is 15.0 Å². The summed E-state index contributed by atoms with van der Waals surface area (Å²) in [4.78, 5) is 27.0. The standard InChI is InChI=1S/C26H30N8O3/c1-15-20(13-34(32-15)17-5-7-28-8-6-17)21-12-29-25(27)24(30-21)22-14-33(2)26(35)23(31-22)16-9-18(36-3)11-19(10-16)37-4/h9-14,17,28H,5-8H2,1-4H3,(H2,27,29)/p+1. The number of anilines is 1. The van der Waals surface area contributed by atoms with E-state index in [2.05, 4.69) is 31.3 Å². The number of nitrogens with one attached hydrogen (secondary N) is 2. The first kappa shape index (κ1) is 24.4. The van der Waals surface area contributed by atoms with Crippen molar-refractivity contribution in [2.45, 2.75) is 25.8 Å². The van der Waals surface area contributed by atoms with Gasteiger partial charge in [-0.15, -0.1) is 4.68 Å². The van der Waals surface area contributed by atoms with Crippen molar-refractivity contribution < 1.29 is 14.2 Å². The number of H-pyrrole nitrogens is 1. The number of hydrogen-bond acceptors (Lipinski definition) is 8. The van der Waals surface area contributed by atoms with Crippen LogP contribution < -0.4 is 30.8 Å². The van der Waals surface area contributed by atoms with Crippen LogP contribution in [-0.2, 0) is 7.05 Å². The number of aryl methyl sites for hydroxylation is 2. The summed E-state index contributed by atoms with van der Waals surface area (Å²) in [5, 5.41) is 6.86. The Balaban J connectivity index is 1.59. The van der Waals surface area contributed by atoms with Crippen LogP contribution in [0.3, 0.4) is 0 Å². The first-order chi connectivity index (χ1) is 17.9. The maximum absolute atomic E-state index is 13.1. The third-order valence-electron chi connectivity index (χ3n) is 6.69. The van der Waals surface area contributed by atoms with E-state index in [9.17, 15) is 4.79 Å². The highest BCUT2D eigenvalue weighted by Gasteiger charge is 2.26. The van der Waals surface area contributed by atoms with E-state index in [0.29, 0.717) is 40.2 Å². The number of piperidine rings is 1. The molecule has 11 nitrogen and oxygen atoms in total. The van der Waals surface area contributed by atoms with Gasteiger partial charge in [-0.05, 0) is 19.1 Å². The van der Waals surface area contributed by atoms with Gasteiger partial charge in [0.05, 0.1) is 37.4 Å². The average molecular weight is 504 g/mol. The highest BCUT2D eigenvalue weighted by atomic mass is 16.5. The van der Waals surface area contributed by atoms with Crippen LogP contribution in [0, 0.1) is 6.92 Å². The van der Waals surface area contributed by atoms with E-state index >= 15 is 0 Å². The van der Waals surface area contributed by atoms with Gasteiger partial charge in [0.25, 0.3) is 5.56 Å². The molecule has 4 N–H and O–H groups in total. The van der Waals surface area contributed by atoms with Crippen LogP contribution in [0.1, 0.15) is 24.6 Å². The number of aromatic nitrogens is 6. The highest BCUT2D eigenvalue weighted by Crippen LogP contribution is 2.30. The van der Waals surface area contributed by atoms with Crippen molar-refractivity contribution >= 4 is 5.82 Å². The van der Waals surface area contributed by atoms with Crippen LogP contribution in [0.25, 0.3) is 33.9 Å². The molecule has 0 radical (unpaired) electrons. The van der Waals surface area contributed by atoms with E-state index < -0.39 is 0 Å². The number of nitrogen functional groups attached to an aromatic ring is 1. The molecule has 1 aliphatic heterocycles. The fourth-order valence-corrected chi connectivity index (χ4v) is 4.63. The molecule has 37 heavy (non-hydrogen) atoms. The van der Waals surface area contributed by atoms with Crippen molar-refractivity contribution in [3.63, 3.8) is 0 Å². The van der Waals surface area contributed by atoms with Crippen LogP contribution in [-0.4, -0.2) is 51.9 Å². The van der Waals surface area contributed by atoms with Gasteiger partial charge >= 0.3 is 0 Å². The third-order valence-corrected chi connectivity index (χ3v) is 6.69. The van der Waals surface area contributed by atoms with Gasteiger partial charge in [0.15, 0.2) is 11.9 Å². The second kappa shape index (κ2) is 10.0. The van der Waals surface area contributed by atoms with Gasteiger partial charge in [0.2, 0.25) is 6.20 Å². The summed E-state index contributed by atoms with van der Waals surface area (Å²) in [7, 11) is 4.78. The molecule has 1 saturated heterocycles. The Bertz CT molecular complexity index is 1480. The minimum atomic E-state index is -0.272. The second-order valence-corrected chi connectivity index (χ2v) is 9.15. The van der Waals surface area contributed by atoms with E-state index in [1.807, 2.05) is 6.92 Å². The van der Waals surface area contributed by atoms with Gasteiger partial charge in [0.1, 0.15) is 28.6 Å². The molecule has 0 unspecified atom stereocenters. The number of aromatic amines is 1. The number of hydrogen-bond donors (Lipinski definition) is 3. The molecule has 3 aromatic heterocycles. The summed E-state index contributed by atoms with van der Waals surface area (Å²) in [6.07, 6.45) is 7.48. The van der Waals surface area contributed by atoms with Crippen molar-refractivity contribution in [2.24, 2.45) is 7.05 Å². The second-order valence-electron chi connectivity index (χ2n) is 9.15. The van der Waals surface area contributed by atoms with Crippen molar-refractivity contribution in [3.05, 3.63) is 52.8 Å². The number of nitrogens with zero attached hydrogens (tertiary/aromatic N) is 5. The van der Waals surface area contributed by atoms with Crippen molar-refractivity contribution in [2.75, 3.05) is 33.0 Å². The lowest BCUT2D eigenvalue weighted by atomic mass is 10.1. The third kappa shape index (κ3) is 4.77. The Morgan fingerprint density at radius 2 is 1.73 bits per heavy atom. The van der Waals surface area contributed by atoms with Gasteiger partial charge in [-0.3, -0.25) is 4.79 Å². The van der Waals surface area contributed by atoms with E-state index in [1.54, 1.807) is 51.9 Å². The summed E-state index contributed by atoms with van der Waals surface area (Å²) < 4.78 is 14.4. The molecule has 0 atom stereocenters. The Hall–Kier alpha value is -4.25.